The number of rotatable bonds is 3. The zero-order valence-corrected chi connectivity index (χ0v) is 20.6. The van der Waals surface area contributed by atoms with Crippen molar-refractivity contribution in [3.63, 3.8) is 0 Å². The van der Waals surface area contributed by atoms with Gasteiger partial charge in [-0.05, 0) is 38.3 Å². The van der Waals surface area contributed by atoms with Crippen molar-refractivity contribution in [3.8, 4) is 0 Å². The van der Waals surface area contributed by atoms with E-state index in [1.54, 1.807) is 19.2 Å². The molecule has 3 aliphatic rings. The van der Waals surface area contributed by atoms with Gasteiger partial charge in [-0.2, -0.15) is 8.78 Å². The zero-order valence-electron chi connectivity index (χ0n) is 19.8. The van der Waals surface area contributed by atoms with Gasteiger partial charge in [-0.1, -0.05) is 0 Å². The number of pyridine rings is 1. The average Bonchev–Trinajstić information content (AvgIpc) is 3.54. The molecule has 2 aliphatic heterocycles. The Labute approximate surface area is 210 Å². The van der Waals surface area contributed by atoms with Crippen LogP contribution >= 0.6 is 11.3 Å². The predicted molar refractivity (Wildman–Crippen MR) is 132 cm³/mol. The molecular formula is C24H27F2N7O2S. The van der Waals surface area contributed by atoms with Crippen LogP contribution in [0.5, 0.6) is 0 Å². The van der Waals surface area contributed by atoms with Gasteiger partial charge >= 0.3 is 0 Å². The highest BCUT2D eigenvalue weighted by atomic mass is 32.1. The van der Waals surface area contributed by atoms with E-state index in [2.05, 4.69) is 25.2 Å². The second-order valence-corrected chi connectivity index (χ2v) is 11.0. The van der Waals surface area contributed by atoms with Crippen molar-refractivity contribution >= 4 is 39.0 Å². The number of nitrogens with one attached hydrogen (secondary N) is 1. The first-order valence-corrected chi connectivity index (χ1v) is 12.8. The molecule has 1 amide bonds. The molecule has 1 aliphatic carbocycles. The summed E-state index contributed by atoms with van der Waals surface area (Å²) in [6, 6.07) is 1.64. The van der Waals surface area contributed by atoms with Gasteiger partial charge in [0.1, 0.15) is 21.3 Å². The van der Waals surface area contributed by atoms with E-state index in [1.165, 1.54) is 6.07 Å². The smallest absolute Gasteiger partial charge is 0.294 e. The number of alkyl halides is 2. The minimum Gasteiger partial charge on any atom is -0.397 e. The first-order chi connectivity index (χ1) is 17.2. The fourth-order valence-electron chi connectivity index (χ4n) is 5.56. The summed E-state index contributed by atoms with van der Waals surface area (Å²) in [5.74, 6) is -2.72. The number of nitrogens with two attached hydrogens (primary N) is 2. The Morgan fingerprint density at radius 1 is 1.33 bits per heavy atom. The molecule has 3 atom stereocenters. The topological polar surface area (TPSA) is 132 Å². The second kappa shape index (κ2) is 8.29. The number of aryl methyl sites for hydroxylation is 2. The molecule has 12 heteroatoms. The van der Waals surface area contributed by atoms with Crippen LogP contribution in [0.2, 0.25) is 0 Å². The third kappa shape index (κ3) is 3.61. The van der Waals surface area contributed by atoms with E-state index in [4.69, 9.17) is 16.2 Å². The summed E-state index contributed by atoms with van der Waals surface area (Å²) >= 11 is 1.07. The Bertz CT molecular complexity index is 1360. The van der Waals surface area contributed by atoms with Gasteiger partial charge in [0, 0.05) is 42.9 Å². The van der Waals surface area contributed by atoms with Crippen LogP contribution in [0.4, 0.5) is 20.3 Å². The minimum atomic E-state index is -3.28. The van der Waals surface area contributed by atoms with E-state index < -0.39 is 17.9 Å². The summed E-state index contributed by atoms with van der Waals surface area (Å²) in [6.45, 7) is 4.36. The van der Waals surface area contributed by atoms with Crippen molar-refractivity contribution in [1.82, 2.24) is 20.3 Å². The minimum absolute atomic E-state index is 0.0462. The van der Waals surface area contributed by atoms with Crippen LogP contribution in [0.1, 0.15) is 39.6 Å². The highest BCUT2D eigenvalue weighted by Crippen LogP contribution is 2.43. The quantitative estimate of drug-likeness (QED) is 0.484. The summed E-state index contributed by atoms with van der Waals surface area (Å²) in [6.07, 6.45) is 2.82. The summed E-state index contributed by atoms with van der Waals surface area (Å²) in [4.78, 5) is 28.7. The molecule has 1 spiro atoms. The summed E-state index contributed by atoms with van der Waals surface area (Å²) < 4.78 is 36.7. The van der Waals surface area contributed by atoms with E-state index in [9.17, 15) is 4.79 Å². The number of carbonyl (C=O) groups is 1. The van der Waals surface area contributed by atoms with Gasteiger partial charge in [-0.3, -0.25) is 4.79 Å². The van der Waals surface area contributed by atoms with E-state index >= 15 is 8.78 Å². The van der Waals surface area contributed by atoms with Gasteiger partial charge in [0.05, 0.1) is 29.4 Å². The average molecular weight is 516 g/mol. The van der Waals surface area contributed by atoms with E-state index in [-0.39, 0.29) is 34.0 Å². The third-order valence-electron chi connectivity index (χ3n) is 7.71. The number of thiophene rings is 1. The van der Waals surface area contributed by atoms with Gasteiger partial charge in [0.25, 0.3) is 11.8 Å². The molecule has 0 radical (unpaired) electrons. The standard InChI is InChI=1S/C24H27F2N7O2S/c1-12-29-8-13-19(28)20(36-22(13)30-12)21(34)32-17-4-3-15-14(24(17,25)26)2-5-18(31-15)33-9-16(27)23(10-33)6-7-35-11-23/h2,5,8,16-17H,3-4,6-7,9-11,27-28H2,1H3,(H,32,34). The second-order valence-electron chi connectivity index (χ2n) is 9.98. The lowest BCUT2D eigenvalue weighted by Gasteiger charge is -2.34. The molecule has 3 unspecified atom stereocenters. The van der Waals surface area contributed by atoms with Gasteiger partial charge in [0.2, 0.25) is 0 Å². The Balaban J connectivity index is 1.22. The number of anilines is 2. The number of fused-ring (bicyclic) bond motifs is 2. The van der Waals surface area contributed by atoms with E-state index in [0.717, 1.165) is 17.8 Å². The summed E-state index contributed by atoms with van der Waals surface area (Å²) in [7, 11) is 0. The highest BCUT2D eigenvalue weighted by molar-refractivity contribution is 7.21. The number of carbonyl (C=O) groups excluding carboxylic acids is 1. The summed E-state index contributed by atoms with van der Waals surface area (Å²) in [5.41, 5.74) is 12.8. The van der Waals surface area contributed by atoms with Crippen LogP contribution in [0.3, 0.4) is 0 Å². The number of ether oxygens (including phenoxy) is 1. The Hall–Kier alpha value is -2.96. The number of aromatic nitrogens is 3. The van der Waals surface area contributed by atoms with Crippen LogP contribution in [0.15, 0.2) is 18.3 Å². The predicted octanol–water partition coefficient (Wildman–Crippen LogP) is 2.37. The number of nitrogens with zero attached hydrogens (tertiary/aromatic N) is 4. The van der Waals surface area contributed by atoms with E-state index in [0.29, 0.717) is 60.3 Å². The molecule has 0 aromatic carbocycles. The lowest BCUT2D eigenvalue weighted by atomic mass is 9.83. The monoisotopic (exact) mass is 515 g/mol. The molecule has 5 heterocycles. The van der Waals surface area contributed by atoms with Gasteiger partial charge in [-0.15, -0.1) is 11.3 Å². The van der Waals surface area contributed by atoms with Gasteiger partial charge in [0.15, 0.2) is 0 Å². The molecule has 2 fully saturated rings. The van der Waals surface area contributed by atoms with Crippen molar-refractivity contribution in [3.05, 3.63) is 40.3 Å². The fourth-order valence-corrected chi connectivity index (χ4v) is 6.57. The van der Waals surface area contributed by atoms with Crippen LogP contribution in [-0.4, -0.2) is 59.2 Å². The third-order valence-corrected chi connectivity index (χ3v) is 8.83. The van der Waals surface area contributed by atoms with Crippen molar-refractivity contribution in [1.29, 1.82) is 0 Å². The maximum Gasteiger partial charge on any atom is 0.294 e. The molecule has 36 heavy (non-hydrogen) atoms. The largest absolute Gasteiger partial charge is 0.397 e. The molecule has 0 saturated carbocycles. The molecule has 0 bridgehead atoms. The number of hydrogen-bond donors (Lipinski definition) is 3. The number of amides is 1. The van der Waals surface area contributed by atoms with Crippen LogP contribution in [-0.2, 0) is 17.1 Å². The number of nitrogen functional groups attached to an aromatic ring is 1. The van der Waals surface area contributed by atoms with Crippen molar-refractivity contribution in [2.24, 2.45) is 11.1 Å². The number of hydrogen-bond acceptors (Lipinski definition) is 9. The van der Waals surface area contributed by atoms with Gasteiger partial charge in [-0.25, -0.2) is 15.0 Å². The fraction of sp³-hybridized carbons (Fsp3) is 0.500. The molecule has 9 nitrogen and oxygen atoms in total. The van der Waals surface area contributed by atoms with Crippen LogP contribution in [0, 0.1) is 12.3 Å². The molecule has 2 saturated heterocycles. The highest BCUT2D eigenvalue weighted by Gasteiger charge is 2.49. The zero-order chi connectivity index (χ0) is 25.2. The molecule has 190 valence electrons. The Kier molecular flexibility index (Phi) is 5.39. The Morgan fingerprint density at radius 2 is 2.17 bits per heavy atom. The first kappa shape index (κ1) is 23.4. The molecule has 5 N–H and O–H groups in total. The summed E-state index contributed by atoms with van der Waals surface area (Å²) in [5, 5.41) is 3.06. The molecular weight excluding hydrogens is 488 g/mol. The van der Waals surface area contributed by atoms with E-state index in [1.807, 2.05) is 0 Å². The SMILES string of the molecule is Cc1ncc2c(N)c(C(=O)NC3CCc4nc(N5CC(N)C6(CCOC6)C5)ccc4C3(F)F)sc2n1. The molecule has 3 aromatic rings. The maximum atomic E-state index is 15.6. The number of halogens is 2. The maximum absolute atomic E-state index is 15.6. The lowest BCUT2D eigenvalue weighted by Crippen LogP contribution is -2.49. The lowest BCUT2D eigenvalue weighted by molar-refractivity contribution is -0.0509. The van der Waals surface area contributed by atoms with Crippen molar-refractivity contribution in [2.75, 3.05) is 36.9 Å². The normalized spacial score (nSPS) is 27.1. The molecule has 3 aromatic heterocycles. The first-order valence-electron chi connectivity index (χ1n) is 12.0. The van der Waals surface area contributed by atoms with Crippen molar-refractivity contribution < 1.29 is 18.3 Å². The van der Waals surface area contributed by atoms with Crippen LogP contribution < -0.4 is 21.7 Å². The van der Waals surface area contributed by atoms with Crippen molar-refractivity contribution in [2.45, 2.75) is 44.2 Å². The van der Waals surface area contributed by atoms with Crippen LogP contribution in [0.25, 0.3) is 10.2 Å². The Morgan fingerprint density at radius 3 is 2.94 bits per heavy atom. The molecule has 6 rings (SSSR count). The van der Waals surface area contributed by atoms with Gasteiger partial charge < -0.3 is 26.4 Å².